The third-order valence-electron chi connectivity index (χ3n) is 5.29. The lowest BCUT2D eigenvalue weighted by molar-refractivity contribution is -0.125. The molecule has 7 nitrogen and oxygen atoms in total. The molecule has 3 aromatic rings. The van der Waals surface area contributed by atoms with E-state index in [1.807, 2.05) is 25.1 Å². The highest BCUT2D eigenvalue weighted by molar-refractivity contribution is 6.04. The van der Waals surface area contributed by atoms with E-state index in [1.165, 1.54) is 23.1 Å². The number of ether oxygens (including phenoxy) is 2. The fraction of sp³-hybridized carbons (Fsp3) is 0.192. The zero-order chi connectivity index (χ0) is 24.1. The molecule has 8 heteroatoms. The molecular weight excluding hydrogens is 439 g/mol. The molecule has 174 valence electrons. The molecule has 1 aliphatic heterocycles. The van der Waals surface area contributed by atoms with Crippen LogP contribution in [0.5, 0.6) is 11.5 Å². The number of amides is 2. The van der Waals surface area contributed by atoms with E-state index in [1.54, 1.807) is 30.3 Å². The van der Waals surface area contributed by atoms with Crippen molar-refractivity contribution in [2.45, 2.75) is 13.5 Å². The topological polar surface area (TPSA) is 84.9 Å². The summed E-state index contributed by atoms with van der Waals surface area (Å²) in [6.07, 6.45) is 0. The number of benzene rings is 3. The third-order valence-corrected chi connectivity index (χ3v) is 5.29. The van der Waals surface area contributed by atoms with Gasteiger partial charge >= 0.3 is 0 Å². The van der Waals surface area contributed by atoms with Crippen LogP contribution in [0.3, 0.4) is 0 Å². The summed E-state index contributed by atoms with van der Waals surface area (Å²) in [5.41, 5.74) is 2.42. The van der Waals surface area contributed by atoms with Gasteiger partial charge in [0, 0.05) is 12.1 Å². The van der Waals surface area contributed by atoms with Crippen molar-refractivity contribution in [2.24, 2.45) is 0 Å². The molecule has 0 fully saturated rings. The summed E-state index contributed by atoms with van der Waals surface area (Å²) in [5, 5.41) is 2.71. The van der Waals surface area contributed by atoms with Gasteiger partial charge in [0.1, 0.15) is 23.9 Å². The Bertz CT molecular complexity index is 1230. The summed E-state index contributed by atoms with van der Waals surface area (Å²) >= 11 is 0. The van der Waals surface area contributed by atoms with E-state index in [0.717, 1.165) is 11.1 Å². The second-order valence-corrected chi connectivity index (χ2v) is 7.88. The minimum absolute atomic E-state index is 0.171. The Hall–Kier alpha value is -4.20. The average molecular weight is 462 g/mol. The van der Waals surface area contributed by atoms with Crippen LogP contribution in [-0.2, 0) is 16.1 Å². The summed E-state index contributed by atoms with van der Waals surface area (Å²) in [7, 11) is 0. The van der Waals surface area contributed by atoms with Crippen molar-refractivity contribution in [3.05, 3.63) is 89.2 Å². The fourth-order valence-electron chi connectivity index (χ4n) is 3.49. The standard InChI is InChI=1S/C26H23FN2O5/c1-17-3-2-4-21(11-17)33-15-23(30)19-7-10-24-22(12-19)29(26(32)16-34-24)14-25(31)28-13-18-5-8-20(27)9-6-18/h2-12H,13-16H2,1H3,(H,28,31). The van der Waals surface area contributed by atoms with Crippen molar-refractivity contribution in [3.8, 4) is 11.5 Å². The summed E-state index contributed by atoms with van der Waals surface area (Å²) in [5.74, 6) is -0.440. The van der Waals surface area contributed by atoms with Crippen LogP contribution in [0.2, 0.25) is 0 Å². The molecule has 0 radical (unpaired) electrons. The Labute approximate surface area is 196 Å². The van der Waals surface area contributed by atoms with Crippen LogP contribution >= 0.6 is 0 Å². The van der Waals surface area contributed by atoms with Gasteiger partial charge in [0.05, 0.1) is 5.69 Å². The van der Waals surface area contributed by atoms with Crippen molar-refractivity contribution in [2.75, 3.05) is 24.7 Å². The van der Waals surface area contributed by atoms with Crippen LogP contribution < -0.4 is 19.7 Å². The third kappa shape index (κ3) is 5.58. The van der Waals surface area contributed by atoms with E-state index >= 15 is 0 Å². The first kappa shape index (κ1) is 23.0. The lowest BCUT2D eigenvalue weighted by Crippen LogP contribution is -2.45. The van der Waals surface area contributed by atoms with Crippen LogP contribution in [0.25, 0.3) is 0 Å². The van der Waals surface area contributed by atoms with Gasteiger partial charge in [-0.3, -0.25) is 19.3 Å². The first-order valence-electron chi connectivity index (χ1n) is 10.7. The molecule has 0 aromatic heterocycles. The first-order chi connectivity index (χ1) is 16.4. The largest absolute Gasteiger partial charge is 0.485 e. The normalized spacial score (nSPS) is 12.5. The van der Waals surface area contributed by atoms with Crippen LogP contribution in [0.1, 0.15) is 21.5 Å². The molecule has 0 unspecified atom stereocenters. The van der Waals surface area contributed by atoms with Crippen LogP contribution in [0, 0.1) is 12.7 Å². The smallest absolute Gasteiger partial charge is 0.265 e. The minimum Gasteiger partial charge on any atom is -0.485 e. The van der Waals surface area contributed by atoms with E-state index in [-0.39, 0.29) is 37.9 Å². The van der Waals surface area contributed by atoms with Crippen LogP contribution in [0.4, 0.5) is 10.1 Å². The molecule has 1 aliphatic rings. The lowest BCUT2D eigenvalue weighted by Gasteiger charge is -2.29. The fourth-order valence-corrected chi connectivity index (χ4v) is 3.49. The maximum absolute atomic E-state index is 13.0. The maximum atomic E-state index is 13.0. The number of hydrogen-bond donors (Lipinski definition) is 1. The molecular formula is C26H23FN2O5. The van der Waals surface area contributed by atoms with Gasteiger partial charge in [-0.1, -0.05) is 24.3 Å². The summed E-state index contributed by atoms with van der Waals surface area (Å²) in [6, 6.07) is 17.9. The molecule has 0 aliphatic carbocycles. The van der Waals surface area contributed by atoms with Crippen LogP contribution in [-0.4, -0.2) is 37.4 Å². The number of Topliss-reactive ketones (excluding diaryl/α,β-unsaturated/α-hetero) is 1. The highest BCUT2D eigenvalue weighted by atomic mass is 19.1. The molecule has 3 aromatic carbocycles. The molecule has 34 heavy (non-hydrogen) atoms. The zero-order valence-electron chi connectivity index (χ0n) is 18.5. The Morgan fingerprint density at radius 1 is 1.09 bits per heavy atom. The second-order valence-electron chi connectivity index (χ2n) is 7.88. The van der Waals surface area contributed by atoms with Crippen molar-refractivity contribution >= 4 is 23.3 Å². The van der Waals surface area contributed by atoms with Gasteiger partial charge < -0.3 is 14.8 Å². The number of aryl methyl sites for hydroxylation is 1. The number of ketones is 1. The molecule has 0 spiro atoms. The number of anilines is 1. The van der Waals surface area contributed by atoms with E-state index in [2.05, 4.69) is 5.32 Å². The van der Waals surface area contributed by atoms with Crippen molar-refractivity contribution < 1.29 is 28.2 Å². The summed E-state index contributed by atoms with van der Waals surface area (Å²) < 4.78 is 24.1. The molecule has 0 saturated heterocycles. The van der Waals surface area contributed by atoms with Gasteiger partial charge in [0.2, 0.25) is 5.91 Å². The van der Waals surface area contributed by atoms with Gasteiger partial charge in [0.25, 0.3) is 5.91 Å². The first-order valence-corrected chi connectivity index (χ1v) is 10.7. The van der Waals surface area contributed by atoms with E-state index < -0.39 is 11.8 Å². The van der Waals surface area contributed by atoms with Gasteiger partial charge in [-0.25, -0.2) is 4.39 Å². The number of hydrogen-bond acceptors (Lipinski definition) is 5. The van der Waals surface area contributed by atoms with Gasteiger partial charge in [0.15, 0.2) is 19.0 Å². The number of carbonyl (C=O) groups is 3. The maximum Gasteiger partial charge on any atom is 0.265 e. The minimum atomic E-state index is -0.398. The molecule has 4 rings (SSSR count). The Morgan fingerprint density at radius 2 is 1.88 bits per heavy atom. The number of carbonyl (C=O) groups excluding carboxylic acids is 3. The quantitative estimate of drug-likeness (QED) is 0.519. The average Bonchev–Trinajstić information content (AvgIpc) is 2.83. The van der Waals surface area contributed by atoms with E-state index in [4.69, 9.17) is 9.47 Å². The molecule has 2 amide bonds. The SMILES string of the molecule is Cc1cccc(OCC(=O)c2ccc3c(c2)N(CC(=O)NCc2ccc(F)cc2)C(=O)CO3)c1. The molecule has 1 heterocycles. The number of nitrogens with one attached hydrogen (secondary N) is 1. The Balaban J connectivity index is 1.43. The predicted molar refractivity (Wildman–Crippen MR) is 124 cm³/mol. The Kier molecular flexibility index (Phi) is 6.87. The highest BCUT2D eigenvalue weighted by Gasteiger charge is 2.28. The van der Waals surface area contributed by atoms with Gasteiger partial charge in [-0.2, -0.15) is 0 Å². The second kappa shape index (κ2) is 10.2. The van der Waals surface area contributed by atoms with E-state index in [0.29, 0.717) is 22.7 Å². The zero-order valence-corrected chi connectivity index (χ0v) is 18.5. The lowest BCUT2D eigenvalue weighted by atomic mass is 10.1. The molecule has 1 N–H and O–H groups in total. The highest BCUT2D eigenvalue weighted by Crippen LogP contribution is 2.33. The van der Waals surface area contributed by atoms with Gasteiger partial charge in [-0.05, 0) is 60.5 Å². The number of rotatable bonds is 8. The van der Waals surface area contributed by atoms with Gasteiger partial charge in [-0.15, -0.1) is 0 Å². The van der Waals surface area contributed by atoms with Crippen molar-refractivity contribution in [3.63, 3.8) is 0 Å². The predicted octanol–water partition coefficient (Wildman–Crippen LogP) is 3.44. The monoisotopic (exact) mass is 462 g/mol. The number of nitrogens with zero attached hydrogens (tertiary/aromatic N) is 1. The molecule has 0 atom stereocenters. The number of halogens is 1. The number of fused-ring (bicyclic) bond motifs is 1. The van der Waals surface area contributed by atoms with Crippen molar-refractivity contribution in [1.82, 2.24) is 5.32 Å². The van der Waals surface area contributed by atoms with Crippen molar-refractivity contribution in [1.29, 1.82) is 0 Å². The van der Waals surface area contributed by atoms with E-state index in [9.17, 15) is 18.8 Å². The van der Waals surface area contributed by atoms with Crippen LogP contribution in [0.15, 0.2) is 66.7 Å². The molecule has 0 bridgehead atoms. The summed E-state index contributed by atoms with van der Waals surface area (Å²) in [6.45, 7) is 1.50. The summed E-state index contributed by atoms with van der Waals surface area (Å²) in [4.78, 5) is 39.0. The molecule has 0 saturated carbocycles. The Morgan fingerprint density at radius 3 is 2.65 bits per heavy atom.